The fourth-order valence-corrected chi connectivity index (χ4v) is 5.81. The van der Waals surface area contributed by atoms with E-state index in [1.807, 2.05) is 38.1 Å². The van der Waals surface area contributed by atoms with Gasteiger partial charge in [-0.2, -0.15) is 4.31 Å². The molecule has 1 aliphatic heterocycles. The van der Waals surface area contributed by atoms with Crippen LogP contribution in [-0.4, -0.2) is 49.2 Å². The average Bonchev–Trinajstić information content (AvgIpc) is 3.08. The van der Waals surface area contributed by atoms with Crippen LogP contribution in [-0.2, 0) is 14.8 Å². The molecule has 1 fully saturated rings. The van der Waals surface area contributed by atoms with Gasteiger partial charge in [-0.15, -0.1) is 0 Å². The standard InChI is InChI=1S/C23H31N3O3S/c1-6-24(7-2)21-12-10-20(11-13-21)23-25(16-18(4)26(23)19(5)27)30(28,29)22-14-8-17(3)9-15-22/h8-15,18,23H,6-7,16H2,1-5H3. The molecule has 2 unspecified atom stereocenters. The first kappa shape index (κ1) is 22.3. The smallest absolute Gasteiger partial charge is 0.245 e. The lowest BCUT2D eigenvalue weighted by Crippen LogP contribution is -2.38. The summed E-state index contributed by atoms with van der Waals surface area (Å²) in [6.07, 6.45) is -0.658. The van der Waals surface area contributed by atoms with Gasteiger partial charge in [-0.3, -0.25) is 4.79 Å². The Kier molecular flexibility index (Phi) is 6.53. The number of aryl methyl sites for hydroxylation is 1. The molecule has 3 rings (SSSR count). The third kappa shape index (κ3) is 4.09. The number of hydrogen-bond acceptors (Lipinski definition) is 4. The van der Waals surface area contributed by atoms with Crippen molar-refractivity contribution in [1.29, 1.82) is 0 Å². The van der Waals surface area contributed by atoms with Crippen LogP contribution in [0.3, 0.4) is 0 Å². The Labute approximate surface area is 180 Å². The van der Waals surface area contributed by atoms with Crippen LogP contribution in [0, 0.1) is 6.92 Å². The fourth-order valence-electron chi connectivity index (χ4n) is 4.16. The van der Waals surface area contributed by atoms with Crippen molar-refractivity contribution in [2.45, 2.75) is 51.7 Å². The molecule has 1 aliphatic rings. The normalized spacial score (nSPS) is 19.8. The Morgan fingerprint density at radius 2 is 1.60 bits per heavy atom. The molecule has 0 aromatic heterocycles. The lowest BCUT2D eigenvalue weighted by Gasteiger charge is -2.31. The molecule has 0 N–H and O–H groups in total. The molecular formula is C23H31N3O3S. The van der Waals surface area contributed by atoms with Crippen LogP contribution in [0.15, 0.2) is 53.4 Å². The van der Waals surface area contributed by atoms with Crippen LogP contribution >= 0.6 is 0 Å². The van der Waals surface area contributed by atoms with E-state index in [-0.39, 0.29) is 23.4 Å². The second kappa shape index (κ2) is 8.78. The number of rotatable bonds is 6. The van der Waals surface area contributed by atoms with Crippen LogP contribution < -0.4 is 4.90 Å². The van der Waals surface area contributed by atoms with E-state index in [1.54, 1.807) is 29.2 Å². The van der Waals surface area contributed by atoms with Gasteiger partial charge < -0.3 is 9.80 Å². The van der Waals surface area contributed by atoms with Crippen LogP contribution in [0.25, 0.3) is 0 Å². The largest absolute Gasteiger partial charge is 0.372 e. The highest BCUT2D eigenvalue weighted by Crippen LogP contribution is 2.38. The zero-order valence-electron chi connectivity index (χ0n) is 18.4. The number of benzene rings is 2. The van der Waals surface area contributed by atoms with Crippen molar-refractivity contribution < 1.29 is 13.2 Å². The van der Waals surface area contributed by atoms with Crippen molar-refractivity contribution in [3.8, 4) is 0 Å². The quantitative estimate of drug-likeness (QED) is 0.701. The molecule has 1 saturated heterocycles. The van der Waals surface area contributed by atoms with E-state index in [9.17, 15) is 13.2 Å². The molecule has 30 heavy (non-hydrogen) atoms. The molecule has 6 nitrogen and oxygen atoms in total. The molecule has 0 spiro atoms. The molecule has 162 valence electrons. The van der Waals surface area contributed by atoms with Crippen LogP contribution in [0.2, 0.25) is 0 Å². The maximum absolute atomic E-state index is 13.5. The topological polar surface area (TPSA) is 60.9 Å². The van der Waals surface area contributed by atoms with Crippen molar-refractivity contribution in [1.82, 2.24) is 9.21 Å². The predicted molar refractivity (Wildman–Crippen MR) is 120 cm³/mol. The van der Waals surface area contributed by atoms with Gasteiger partial charge >= 0.3 is 0 Å². The highest BCUT2D eigenvalue weighted by molar-refractivity contribution is 7.89. The summed E-state index contributed by atoms with van der Waals surface area (Å²) in [6.45, 7) is 11.6. The van der Waals surface area contributed by atoms with E-state index < -0.39 is 16.2 Å². The summed E-state index contributed by atoms with van der Waals surface area (Å²) >= 11 is 0. The Hall–Kier alpha value is -2.38. The van der Waals surface area contributed by atoms with Crippen LogP contribution in [0.1, 0.15) is 45.0 Å². The summed E-state index contributed by atoms with van der Waals surface area (Å²) in [5.41, 5.74) is 2.87. The number of anilines is 1. The van der Waals surface area contributed by atoms with Crippen molar-refractivity contribution in [3.05, 3.63) is 59.7 Å². The van der Waals surface area contributed by atoms with E-state index in [0.29, 0.717) is 0 Å². The van der Waals surface area contributed by atoms with Crippen LogP contribution in [0.5, 0.6) is 0 Å². The van der Waals surface area contributed by atoms with E-state index >= 15 is 0 Å². The van der Waals surface area contributed by atoms with Gasteiger partial charge in [0.25, 0.3) is 0 Å². The van der Waals surface area contributed by atoms with Crippen LogP contribution in [0.4, 0.5) is 5.69 Å². The summed E-state index contributed by atoms with van der Waals surface area (Å²) in [7, 11) is -3.76. The van der Waals surface area contributed by atoms with E-state index in [0.717, 1.165) is 29.9 Å². The lowest BCUT2D eigenvalue weighted by atomic mass is 10.1. The van der Waals surface area contributed by atoms with Gasteiger partial charge in [0.05, 0.1) is 4.90 Å². The minimum atomic E-state index is -3.76. The van der Waals surface area contributed by atoms with Crippen molar-refractivity contribution >= 4 is 21.6 Å². The third-order valence-corrected chi connectivity index (χ3v) is 7.60. The molecule has 0 aliphatic carbocycles. The maximum Gasteiger partial charge on any atom is 0.245 e. The zero-order valence-corrected chi connectivity index (χ0v) is 19.2. The molecule has 2 aromatic carbocycles. The second-order valence-electron chi connectivity index (χ2n) is 7.80. The molecule has 1 heterocycles. The molecule has 0 bridgehead atoms. The average molecular weight is 430 g/mol. The first-order valence-electron chi connectivity index (χ1n) is 10.4. The number of nitrogens with zero attached hydrogens (tertiary/aromatic N) is 3. The highest BCUT2D eigenvalue weighted by Gasteiger charge is 2.46. The SMILES string of the molecule is CCN(CC)c1ccc(C2N(C(C)=O)C(C)CN2S(=O)(=O)c2ccc(C)cc2)cc1. The minimum Gasteiger partial charge on any atom is -0.372 e. The lowest BCUT2D eigenvalue weighted by molar-refractivity contribution is -0.132. The van der Waals surface area contributed by atoms with E-state index in [4.69, 9.17) is 0 Å². The number of carbonyl (C=O) groups excluding carboxylic acids is 1. The van der Waals surface area contributed by atoms with Gasteiger partial charge in [-0.25, -0.2) is 8.42 Å². The third-order valence-electron chi connectivity index (χ3n) is 5.77. The van der Waals surface area contributed by atoms with Gasteiger partial charge in [0, 0.05) is 38.3 Å². The summed E-state index contributed by atoms with van der Waals surface area (Å²) in [5.74, 6) is -0.137. The van der Waals surface area contributed by atoms with Gasteiger partial charge in [0.2, 0.25) is 15.9 Å². The van der Waals surface area contributed by atoms with Gasteiger partial charge in [0.1, 0.15) is 6.17 Å². The van der Waals surface area contributed by atoms with E-state index in [2.05, 4.69) is 18.7 Å². The first-order chi connectivity index (χ1) is 14.2. The number of carbonyl (C=O) groups is 1. The molecular weight excluding hydrogens is 398 g/mol. The van der Waals surface area contributed by atoms with Crippen molar-refractivity contribution in [3.63, 3.8) is 0 Å². The Morgan fingerprint density at radius 3 is 2.10 bits per heavy atom. The number of amides is 1. The molecule has 2 aromatic rings. The summed E-state index contributed by atoms with van der Waals surface area (Å²) in [5, 5.41) is 0. The van der Waals surface area contributed by atoms with E-state index in [1.165, 1.54) is 11.2 Å². The number of sulfonamides is 1. The summed E-state index contributed by atoms with van der Waals surface area (Å²) in [4.78, 5) is 16.6. The van der Waals surface area contributed by atoms with Gasteiger partial charge in [-0.05, 0) is 57.5 Å². The van der Waals surface area contributed by atoms with Crippen molar-refractivity contribution in [2.75, 3.05) is 24.5 Å². The first-order valence-corrected chi connectivity index (χ1v) is 11.9. The fraction of sp³-hybridized carbons (Fsp3) is 0.435. The summed E-state index contributed by atoms with van der Waals surface area (Å²) < 4.78 is 28.4. The molecule has 0 saturated carbocycles. The molecule has 0 radical (unpaired) electrons. The molecule has 7 heteroatoms. The van der Waals surface area contributed by atoms with Crippen molar-refractivity contribution in [2.24, 2.45) is 0 Å². The minimum absolute atomic E-state index is 0.137. The Bertz CT molecular complexity index is 983. The van der Waals surface area contributed by atoms with Gasteiger partial charge in [0.15, 0.2) is 0 Å². The summed E-state index contributed by atoms with van der Waals surface area (Å²) in [6, 6.07) is 14.5. The predicted octanol–water partition coefficient (Wildman–Crippen LogP) is 3.78. The Morgan fingerprint density at radius 1 is 1.03 bits per heavy atom. The zero-order chi connectivity index (χ0) is 22.1. The molecule has 2 atom stereocenters. The Balaban J connectivity index is 2.05. The maximum atomic E-state index is 13.5. The highest BCUT2D eigenvalue weighted by atomic mass is 32.2. The van der Waals surface area contributed by atoms with Gasteiger partial charge in [-0.1, -0.05) is 29.8 Å². The number of hydrogen-bond donors (Lipinski definition) is 0. The molecule has 1 amide bonds. The monoisotopic (exact) mass is 429 g/mol. The second-order valence-corrected chi connectivity index (χ2v) is 9.69.